The molecule has 0 saturated heterocycles. The normalized spacial score (nSPS) is 14.6. The zero-order valence-electron chi connectivity index (χ0n) is 9.03. The Morgan fingerprint density at radius 1 is 1.56 bits per heavy atom. The molecule has 1 aliphatic rings. The van der Waals surface area contributed by atoms with Crippen LogP contribution in [0.5, 0.6) is 0 Å². The molecule has 0 unspecified atom stereocenters. The number of carbonyl (C=O) groups excluding carboxylic acids is 1. The van der Waals surface area contributed by atoms with Crippen molar-refractivity contribution in [1.82, 2.24) is 4.90 Å². The van der Waals surface area contributed by atoms with Crippen LogP contribution in [0.4, 0.5) is 0 Å². The number of halogens is 1. The van der Waals surface area contributed by atoms with E-state index in [0.29, 0.717) is 12.6 Å². The molecule has 0 atom stereocenters. The van der Waals surface area contributed by atoms with E-state index in [4.69, 9.17) is 0 Å². The molecular weight excluding hydrogens is 266 g/mol. The van der Waals surface area contributed by atoms with E-state index in [2.05, 4.69) is 22.5 Å². The van der Waals surface area contributed by atoms with Crippen molar-refractivity contribution in [3.05, 3.63) is 47.0 Å². The van der Waals surface area contributed by atoms with Crippen LogP contribution in [0.15, 0.2) is 41.4 Å². The minimum Gasteiger partial charge on any atom is -0.332 e. The fraction of sp³-hybridized carbons (Fsp3) is 0.308. The van der Waals surface area contributed by atoms with Crippen molar-refractivity contribution in [3.63, 3.8) is 0 Å². The van der Waals surface area contributed by atoms with E-state index < -0.39 is 0 Å². The van der Waals surface area contributed by atoms with Crippen LogP contribution in [0.2, 0.25) is 0 Å². The summed E-state index contributed by atoms with van der Waals surface area (Å²) < 4.78 is 0.938. The van der Waals surface area contributed by atoms with Gasteiger partial charge in [0.05, 0.1) is 0 Å². The van der Waals surface area contributed by atoms with Gasteiger partial charge in [0.2, 0.25) is 0 Å². The van der Waals surface area contributed by atoms with Gasteiger partial charge in [0, 0.05) is 22.6 Å². The molecule has 0 N–H and O–H groups in total. The second-order valence-corrected chi connectivity index (χ2v) is 4.90. The maximum absolute atomic E-state index is 12.2. The van der Waals surface area contributed by atoms with Gasteiger partial charge in [-0.3, -0.25) is 4.79 Å². The molecule has 1 fully saturated rings. The van der Waals surface area contributed by atoms with Crippen LogP contribution < -0.4 is 0 Å². The minimum absolute atomic E-state index is 0.101. The van der Waals surface area contributed by atoms with Gasteiger partial charge in [-0.25, -0.2) is 0 Å². The molecule has 0 aromatic heterocycles. The number of amides is 1. The smallest absolute Gasteiger partial charge is 0.254 e. The van der Waals surface area contributed by atoms with Crippen molar-refractivity contribution < 1.29 is 4.79 Å². The Morgan fingerprint density at radius 2 is 2.31 bits per heavy atom. The number of rotatable bonds is 4. The summed E-state index contributed by atoms with van der Waals surface area (Å²) in [5.74, 6) is 0.101. The number of benzene rings is 1. The highest BCUT2D eigenvalue weighted by molar-refractivity contribution is 9.10. The van der Waals surface area contributed by atoms with Crippen molar-refractivity contribution >= 4 is 21.8 Å². The van der Waals surface area contributed by atoms with Crippen LogP contribution in [-0.4, -0.2) is 23.4 Å². The van der Waals surface area contributed by atoms with Crippen LogP contribution in [0.1, 0.15) is 23.2 Å². The summed E-state index contributed by atoms with van der Waals surface area (Å²) in [6.45, 7) is 4.34. The average molecular weight is 280 g/mol. The monoisotopic (exact) mass is 279 g/mol. The Balaban J connectivity index is 2.18. The topological polar surface area (TPSA) is 20.3 Å². The van der Waals surface area contributed by atoms with E-state index in [1.54, 1.807) is 6.08 Å². The maximum atomic E-state index is 12.2. The molecule has 0 heterocycles. The Kier molecular flexibility index (Phi) is 3.44. The van der Waals surface area contributed by atoms with Gasteiger partial charge < -0.3 is 4.90 Å². The summed E-state index contributed by atoms with van der Waals surface area (Å²) >= 11 is 3.38. The third-order valence-electron chi connectivity index (χ3n) is 2.65. The summed E-state index contributed by atoms with van der Waals surface area (Å²) in [5.41, 5.74) is 0.739. The van der Waals surface area contributed by atoms with Crippen molar-refractivity contribution in [2.45, 2.75) is 18.9 Å². The summed E-state index contributed by atoms with van der Waals surface area (Å²) in [6, 6.07) is 7.94. The maximum Gasteiger partial charge on any atom is 0.254 e. The second-order valence-electron chi connectivity index (χ2n) is 3.99. The molecule has 1 aliphatic carbocycles. The van der Waals surface area contributed by atoms with E-state index in [0.717, 1.165) is 22.9 Å². The molecule has 0 spiro atoms. The highest BCUT2D eigenvalue weighted by atomic mass is 79.9. The number of hydrogen-bond donors (Lipinski definition) is 0. The molecule has 1 aromatic rings. The van der Waals surface area contributed by atoms with Gasteiger partial charge in [-0.1, -0.05) is 28.1 Å². The third kappa shape index (κ3) is 2.53. The van der Waals surface area contributed by atoms with Crippen molar-refractivity contribution in [2.24, 2.45) is 0 Å². The first-order valence-corrected chi connectivity index (χ1v) is 6.19. The molecule has 0 radical (unpaired) electrons. The van der Waals surface area contributed by atoms with Crippen LogP contribution in [0, 0.1) is 0 Å². The predicted molar refractivity (Wildman–Crippen MR) is 68.4 cm³/mol. The quantitative estimate of drug-likeness (QED) is 0.775. The Bertz CT molecular complexity index is 412. The van der Waals surface area contributed by atoms with E-state index in [1.165, 1.54) is 0 Å². The van der Waals surface area contributed by atoms with Gasteiger partial charge in [-0.05, 0) is 31.0 Å². The standard InChI is InChI=1S/C13H14BrNO/c1-2-8-15(12-6-7-12)13(16)10-4-3-5-11(14)9-10/h2-5,9,12H,1,6-8H2. The fourth-order valence-electron chi connectivity index (χ4n) is 1.71. The second kappa shape index (κ2) is 4.83. The summed E-state index contributed by atoms with van der Waals surface area (Å²) in [6.07, 6.45) is 4.02. The molecule has 1 amide bonds. The lowest BCUT2D eigenvalue weighted by Gasteiger charge is -2.20. The van der Waals surface area contributed by atoms with Gasteiger partial charge in [-0.15, -0.1) is 6.58 Å². The molecule has 0 bridgehead atoms. The average Bonchev–Trinajstić information content (AvgIpc) is 3.09. The van der Waals surface area contributed by atoms with Crippen LogP contribution in [0.3, 0.4) is 0 Å². The lowest BCUT2D eigenvalue weighted by molar-refractivity contribution is 0.0762. The van der Waals surface area contributed by atoms with Gasteiger partial charge in [0.1, 0.15) is 0 Å². The Labute approximate surface area is 104 Å². The van der Waals surface area contributed by atoms with Gasteiger partial charge >= 0.3 is 0 Å². The first-order chi connectivity index (χ1) is 7.72. The molecule has 3 heteroatoms. The summed E-state index contributed by atoms with van der Waals surface area (Å²) in [7, 11) is 0. The molecule has 1 saturated carbocycles. The molecule has 0 aliphatic heterocycles. The fourth-order valence-corrected chi connectivity index (χ4v) is 2.11. The van der Waals surface area contributed by atoms with Crippen LogP contribution in [0.25, 0.3) is 0 Å². The molecule has 2 nitrogen and oxygen atoms in total. The van der Waals surface area contributed by atoms with E-state index in [-0.39, 0.29) is 5.91 Å². The molecule has 16 heavy (non-hydrogen) atoms. The predicted octanol–water partition coefficient (Wildman–Crippen LogP) is 3.24. The number of hydrogen-bond acceptors (Lipinski definition) is 1. The Hall–Kier alpha value is -1.09. The van der Waals surface area contributed by atoms with E-state index in [9.17, 15) is 4.79 Å². The molecule has 2 rings (SSSR count). The van der Waals surface area contributed by atoms with E-state index >= 15 is 0 Å². The largest absolute Gasteiger partial charge is 0.332 e. The lowest BCUT2D eigenvalue weighted by atomic mass is 10.2. The first-order valence-electron chi connectivity index (χ1n) is 5.40. The lowest BCUT2D eigenvalue weighted by Crippen LogP contribution is -2.33. The number of nitrogens with zero attached hydrogens (tertiary/aromatic N) is 1. The van der Waals surface area contributed by atoms with Gasteiger partial charge in [-0.2, -0.15) is 0 Å². The van der Waals surface area contributed by atoms with Crippen molar-refractivity contribution in [1.29, 1.82) is 0 Å². The van der Waals surface area contributed by atoms with Crippen LogP contribution in [-0.2, 0) is 0 Å². The molecule has 84 valence electrons. The summed E-state index contributed by atoms with van der Waals surface area (Å²) in [5, 5.41) is 0. The SMILES string of the molecule is C=CCN(C(=O)c1cccc(Br)c1)C1CC1. The highest BCUT2D eigenvalue weighted by Crippen LogP contribution is 2.28. The number of carbonyl (C=O) groups is 1. The van der Waals surface area contributed by atoms with Crippen LogP contribution >= 0.6 is 15.9 Å². The van der Waals surface area contributed by atoms with Gasteiger partial charge in [0.25, 0.3) is 5.91 Å². The third-order valence-corrected chi connectivity index (χ3v) is 3.14. The van der Waals surface area contributed by atoms with Crippen molar-refractivity contribution in [3.8, 4) is 0 Å². The molecule has 1 aromatic carbocycles. The summed E-state index contributed by atoms with van der Waals surface area (Å²) in [4.78, 5) is 14.1. The highest BCUT2D eigenvalue weighted by Gasteiger charge is 2.32. The molecular formula is C13H14BrNO. The van der Waals surface area contributed by atoms with Gasteiger partial charge in [0.15, 0.2) is 0 Å². The zero-order chi connectivity index (χ0) is 11.5. The first kappa shape index (κ1) is 11.4. The minimum atomic E-state index is 0.101. The Morgan fingerprint density at radius 3 is 2.88 bits per heavy atom. The van der Waals surface area contributed by atoms with E-state index in [1.807, 2.05) is 29.2 Å². The van der Waals surface area contributed by atoms with Crippen molar-refractivity contribution in [2.75, 3.05) is 6.54 Å². The zero-order valence-corrected chi connectivity index (χ0v) is 10.6.